The van der Waals surface area contributed by atoms with Crippen LogP contribution >= 0.6 is 0 Å². The van der Waals surface area contributed by atoms with Crippen molar-refractivity contribution in [2.24, 2.45) is 0 Å². The van der Waals surface area contributed by atoms with E-state index >= 15 is 0 Å². The normalized spacial score (nSPS) is 17.1. The van der Waals surface area contributed by atoms with Crippen LogP contribution in [-0.4, -0.2) is 23.5 Å². The summed E-state index contributed by atoms with van der Waals surface area (Å²) in [5.74, 6) is -0.887. The molecule has 2 unspecified atom stereocenters. The second-order valence-electron chi connectivity index (χ2n) is 7.30. The van der Waals surface area contributed by atoms with E-state index in [2.05, 4.69) is 10.3 Å². The molecule has 5 nitrogen and oxygen atoms in total. The van der Waals surface area contributed by atoms with Crippen LogP contribution in [-0.2, 0) is 6.61 Å². The van der Waals surface area contributed by atoms with E-state index in [1.807, 2.05) is 19.1 Å². The third-order valence-electron chi connectivity index (χ3n) is 5.13. The third kappa shape index (κ3) is 4.82. The highest BCUT2D eigenvalue weighted by Gasteiger charge is 2.42. The number of benzene rings is 2. The van der Waals surface area contributed by atoms with Crippen molar-refractivity contribution in [3.8, 4) is 11.5 Å². The Morgan fingerprint density at radius 1 is 1.06 bits per heavy atom. The van der Waals surface area contributed by atoms with Gasteiger partial charge in [0, 0.05) is 35.5 Å². The zero-order valence-corrected chi connectivity index (χ0v) is 17.0. The molecule has 1 heterocycles. The standard InChI is InChI=1S/C24H22F2N2O3/c1-2-30-22-12-16(6-7-21(22)31-14-15-8-10-27-11-9-15)24(29)28-20-13-17(20)23-18(25)4-3-5-19(23)26/h3-12,17,20H,2,13-14H2,1H3,(H,28,29). The van der Waals surface area contributed by atoms with Gasteiger partial charge >= 0.3 is 0 Å². The van der Waals surface area contributed by atoms with E-state index in [4.69, 9.17) is 9.47 Å². The first kappa shape index (κ1) is 20.8. The van der Waals surface area contributed by atoms with E-state index in [-0.39, 0.29) is 23.4 Å². The number of carbonyl (C=O) groups excluding carboxylic acids is 1. The summed E-state index contributed by atoms with van der Waals surface area (Å²) < 4.78 is 39.4. The van der Waals surface area contributed by atoms with E-state index in [1.165, 1.54) is 18.2 Å². The number of hydrogen-bond donors (Lipinski definition) is 1. The van der Waals surface area contributed by atoms with E-state index in [0.717, 1.165) is 5.56 Å². The van der Waals surface area contributed by atoms with E-state index in [9.17, 15) is 13.6 Å². The van der Waals surface area contributed by atoms with Crippen molar-refractivity contribution in [3.05, 3.63) is 89.2 Å². The lowest BCUT2D eigenvalue weighted by Crippen LogP contribution is -2.26. The van der Waals surface area contributed by atoms with Gasteiger partial charge < -0.3 is 14.8 Å². The summed E-state index contributed by atoms with van der Waals surface area (Å²) in [5, 5.41) is 2.84. The molecule has 7 heteroatoms. The molecular weight excluding hydrogens is 402 g/mol. The van der Waals surface area contributed by atoms with Gasteiger partial charge in [-0.2, -0.15) is 0 Å². The van der Waals surface area contributed by atoms with Crippen molar-refractivity contribution < 1.29 is 23.0 Å². The molecule has 1 fully saturated rings. The Labute approximate surface area is 179 Å². The number of pyridine rings is 1. The fraction of sp³-hybridized carbons (Fsp3) is 0.250. The van der Waals surface area contributed by atoms with Crippen LogP contribution in [0.1, 0.15) is 40.7 Å². The Bertz CT molecular complexity index is 1060. The molecule has 2 aromatic carbocycles. The average Bonchev–Trinajstić information content (AvgIpc) is 3.52. The van der Waals surface area contributed by atoms with E-state index in [0.29, 0.717) is 36.7 Å². The number of amides is 1. The Hall–Kier alpha value is -3.48. The molecular formula is C24H22F2N2O3. The number of halogens is 2. The second-order valence-corrected chi connectivity index (χ2v) is 7.30. The number of carbonyl (C=O) groups is 1. The summed E-state index contributed by atoms with van der Waals surface area (Å²) in [6.45, 7) is 2.59. The van der Waals surface area contributed by atoms with Crippen LogP contribution in [0.3, 0.4) is 0 Å². The minimum absolute atomic E-state index is 0.0302. The summed E-state index contributed by atoms with van der Waals surface area (Å²) >= 11 is 0. The van der Waals surface area contributed by atoms with Gasteiger partial charge in [0.2, 0.25) is 0 Å². The van der Waals surface area contributed by atoms with Crippen molar-refractivity contribution in [3.63, 3.8) is 0 Å². The zero-order chi connectivity index (χ0) is 21.8. The van der Waals surface area contributed by atoms with Gasteiger partial charge in [0.25, 0.3) is 5.91 Å². The number of rotatable bonds is 8. The first-order valence-corrected chi connectivity index (χ1v) is 10.1. The van der Waals surface area contributed by atoms with Gasteiger partial charge in [-0.15, -0.1) is 0 Å². The molecule has 160 valence electrons. The lowest BCUT2D eigenvalue weighted by molar-refractivity contribution is 0.0949. The van der Waals surface area contributed by atoms with Gasteiger partial charge in [0.15, 0.2) is 11.5 Å². The fourth-order valence-electron chi connectivity index (χ4n) is 3.47. The lowest BCUT2D eigenvalue weighted by Gasteiger charge is -2.14. The number of nitrogens with zero attached hydrogens (tertiary/aromatic N) is 1. The number of ether oxygens (including phenoxy) is 2. The minimum Gasteiger partial charge on any atom is -0.490 e. The maximum Gasteiger partial charge on any atom is 0.251 e. The highest BCUT2D eigenvalue weighted by molar-refractivity contribution is 5.95. The molecule has 1 aromatic heterocycles. The van der Waals surface area contributed by atoms with Crippen LogP contribution in [0.4, 0.5) is 8.78 Å². The lowest BCUT2D eigenvalue weighted by atomic mass is 10.1. The van der Waals surface area contributed by atoms with Crippen molar-refractivity contribution in [2.45, 2.75) is 31.9 Å². The quantitative estimate of drug-likeness (QED) is 0.573. The summed E-state index contributed by atoms with van der Waals surface area (Å²) in [4.78, 5) is 16.7. The fourth-order valence-corrected chi connectivity index (χ4v) is 3.47. The topological polar surface area (TPSA) is 60.5 Å². The Morgan fingerprint density at radius 2 is 1.81 bits per heavy atom. The molecule has 1 saturated carbocycles. The number of aromatic nitrogens is 1. The highest BCUT2D eigenvalue weighted by Crippen LogP contribution is 2.43. The van der Waals surface area contributed by atoms with Crippen molar-refractivity contribution in [1.82, 2.24) is 10.3 Å². The summed E-state index contributed by atoms with van der Waals surface area (Å²) in [6.07, 6.45) is 3.87. The molecule has 1 N–H and O–H groups in total. The molecule has 0 saturated heterocycles. The molecule has 1 aliphatic rings. The predicted molar refractivity (Wildman–Crippen MR) is 111 cm³/mol. The molecule has 3 aromatic rings. The first-order valence-electron chi connectivity index (χ1n) is 10.1. The van der Waals surface area contributed by atoms with E-state index in [1.54, 1.807) is 30.6 Å². The van der Waals surface area contributed by atoms with Crippen LogP contribution in [0.25, 0.3) is 0 Å². The molecule has 1 aliphatic carbocycles. The Morgan fingerprint density at radius 3 is 2.52 bits per heavy atom. The molecule has 1 amide bonds. The van der Waals surface area contributed by atoms with Crippen molar-refractivity contribution >= 4 is 5.91 Å². The number of nitrogens with one attached hydrogen (secondary N) is 1. The molecule has 0 radical (unpaired) electrons. The largest absolute Gasteiger partial charge is 0.490 e. The van der Waals surface area contributed by atoms with E-state index < -0.39 is 11.6 Å². The van der Waals surface area contributed by atoms with Gasteiger partial charge in [-0.1, -0.05) is 6.07 Å². The SMILES string of the molecule is CCOc1cc(C(=O)NC2CC2c2c(F)cccc2F)ccc1OCc1ccncc1. The van der Waals surface area contributed by atoms with Crippen LogP contribution in [0, 0.1) is 11.6 Å². The van der Waals surface area contributed by atoms with Gasteiger partial charge in [-0.05, 0) is 61.4 Å². The van der Waals surface area contributed by atoms with Crippen LogP contribution in [0.15, 0.2) is 60.9 Å². The van der Waals surface area contributed by atoms with Gasteiger partial charge in [-0.3, -0.25) is 9.78 Å². The molecule has 4 rings (SSSR count). The van der Waals surface area contributed by atoms with Gasteiger partial charge in [0.05, 0.1) is 6.61 Å². The number of hydrogen-bond acceptors (Lipinski definition) is 4. The van der Waals surface area contributed by atoms with Gasteiger partial charge in [-0.25, -0.2) is 8.78 Å². The summed E-state index contributed by atoms with van der Waals surface area (Å²) in [7, 11) is 0. The summed E-state index contributed by atoms with van der Waals surface area (Å²) in [6, 6.07) is 12.1. The van der Waals surface area contributed by atoms with Crippen molar-refractivity contribution in [2.75, 3.05) is 6.61 Å². The maximum atomic E-state index is 14.0. The van der Waals surface area contributed by atoms with Crippen LogP contribution in [0.5, 0.6) is 11.5 Å². The second kappa shape index (κ2) is 9.12. The van der Waals surface area contributed by atoms with Crippen LogP contribution in [0.2, 0.25) is 0 Å². The van der Waals surface area contributed by atoms with Gasteiger partial charge in [0.1, 0.15) is 18.2 Å². The minimum atomic E-state index is -0.587. The first-order chi connectivity index (χ1) is 15.1. The predicted octanol–water partition coefficient (Wildman–Crippen LogP) is 4.62. The molecule has 2 atom stereocenters. The maximum absolute atomic E-state index is 14.0. The molecule has 31 heavy (non-hydrogen) atoms. The molecule has 0 bridgehead atoms. The highest BCUT2D eigenvalue weighted by atomic mass is 19.1. The summed E-state index contributed by atoms with van der Waals surface area (Å²) in [5.41, 5.74) is 1.38. The molecule has 0 aliphatic heterocycles. The average molecular weight is 424 g/mol. The Balaban J connectivity index is 1.43. The zero-order valence-electron chi connectivity index (χ0n) is 17.0. The van der Waals surface area contributed by atoms with Crippen molar-refractivity contribution in [1.29, 1.82) is 0 Å². The Kier molecular flexibility index (Phi) is 6.11. The monoisotopic (exact) mass is 424 g/mol. The smallest absolute Gasteiger partial charge is 0.251 e. The third-order valence-corrected chi connectivity index (χ3v) is 5.13. The van der Waals surface area contributed by atoms with Crippen LogP contribution < -0.4 is 14.8 Å². The molecule has 0 spiro atoms.